The average Bonchev–Trinajstić information content (AvgIpc) is 3.44. The summed E-state index contributed by atoms with van der Waals surface area (Å²) < 4.78 is 16.0. The van der Waals surface area contributed by atoms with E-state index in [1.807, 2.05) is 24.3 Å². The number of allylic oxidation sites excluding steroid dienone is 2. The number of ether oxygens (including phenoxy) is 3. The highest BCUT2D eigenvalue weighted by Gasteiger charge is 2.83. The molecule has 2 aliphatic rings. The summed E-state index contributed by atoms with van der Waals surface area (Å²) in [5.74, 6) is -0.0665. The molecule has 2 fully saturated rings. The summed E-state index contributed by atoms with van der Waals surface area (Å²) in [6.07, 6.45) is 0. The monoisotopic (exact) mass is 414 g/mol. The Morgan fingerprint density at radius 1 is 0.968 bits per heavy atom. The lowest BCUT2D eigenvalue weighted by Crippen LogP contribution is -2.40. The SMILES string of the molecule is COc1ccc([C@H]2C(C#N)(C#N)[C@]2(C#N)C(=C(C#N)C#N)N2CCOCC2)cc1OC. The van der Waals surface area contributed by atoms with E-state index < -0.39 is 16.7 Å². The van der Waals surface area contributed by atoms with Crippen molar-refractivity contribution in [3.8, 4) is 41.8 Å². The number of benzene rings is 1. The Morgan fingerprint density at radius 2 is 1.58 bits per heavy atom. The molecule has 0 N–H and O–H groups in total. The van der Waals surface area contributed by atoms with E-state index >= 15 is 0 Å². The molecule has 1 aliphatic heterocycles. The topological polar surface area (TPSA) is 150 Å². The fourth-order valence-corrected chi connectivity index (χ4v) is 4.39. The van der Waals surface area contributed by atoms with Gasteiger partial charge in [-0.15, -0.1) is 0 Å². The molecule has 154 valence electrons. The van der Waals surface area contributed by atoms with E-state index in [2.05, 4.69) is 6.07 Å². The van der Waals surface area contributed by atoms with Crippen LogP contribution in [0.5, 0.6) is 11.5 Å². The molecule has 0 amide bonds. The van der Waals surface area contributed by atoms with Gasteiger partial charge in [-0.25, -0.2) is 0 Å². The van der Waals surface area contributed by atoms with Gasteiger partial charge in [0.15, 0.2) is 22.5 Å². The highest BCUT2D eigenvalue weighted by molar-refractivity contribution is 5.64. The normalized spacial score (nSPS) is 23.0. The minimum absolute atomic E-state index is 0.103. The summed E-state index contributed by atoms with van der Waals surface area (Å²) in [6.45, 7) is 1.33. The van der Waals surface area contributed by atoms with Crippen molar-refractivity contribution < 1.29 is 14.2 Å². The van der Waals surface area contributed by atoms with E-state index in [9.17, 15) is 26.3 Å². The van der Waals surface area contributed by atoms with Crippen molar-refractivity contribution >= 4 is 0 Å². The minimum atomic E-state index is -1.78. The van der Waals surface area contributed by atoms with Crippen LogP contribution in [-0.2, 0) is 4.74 Å². The molecule has 1 aliphatic carbocycles. The summed E-state index contributed by atoms with van der Waals surface area (Å²) in [5, 5.41) is 49.7. The summed E-state index contributed by atoms with van der Waals surface area (Å²) in [7, 11) is 2.94. The maximum atomic E-state index is 10.3. The zero-order valence-corrected chi connectivity index (χ0v) is 17.0. The van der Waals surface area contributed by atoms with Crippen LogP contribution in [0.4, 0.5) is 0 Å². The van der Waals surface area contributed by atoms with Crippen LogP contribution in [0.2, 0.25) is 0 Å². The van der Waals surface area contributed by atoms with Crippen LogP contribution in [0, 0.1) is 67.5 Å². The first-order valence-electron chi connectivity index (χ1n) is 9.38. The maximum absolute atomic E-state index is 10.3. The van der Waals surface area contributed by atoms with Gasteiger partial charge in [0.05, 0.1) is 51.3 Å². The van der Waals surface area contributed by atoms with Gasteiger partial charge in [0, 0.05) is 19.0 Å². The molecule has 0 radical (unpaired) electrons. The van der Waals surface area contributed by atoms with Crippen molar-refractivity contribution in [1.29, 1.82) is 26.3 Å². The Labute approximate surface area is 180 Å². The van der Waals surface area contributed by atoms with Crippen LogP contribution in [-0.4, -0.2) is 45.4 Å². The third kappa shape index (κ3) is 2.91. The molecule has 1 heterocycles. The summed E-state index contributed by atoms with van der Waals surface area (Å²) in [5.41, 5.74) is -3.17. The molecule has 9 heteroatoms. The molecule has 2 atom stereocenters. The minimum Gasteiger partial charge on any atom is -0.493 e. The van der Waals surface area contributed by atoms with Gasteiger partial charge in [-0.05, 0) is 17.7 Å². The predicted molar refractivity (Wildman–Crippen MR) is 105 cm³/mol. The molecule has 1 saturated heterocycles. The van der Waals surface area contributed by atoms with Crippen molar-refractivity contribution in [3.63, 3.8) is 0 Å². The quantitative estimate of drug-likeness (QED) is 0.659. The van der Waals surface area contributed by atoms with Crippen molar-refractivity contribution in [3.05, 3.63) is 35.0 Å². The number of nitrogens with zero attached hydrogens (tertiary/aromatic N) is 6. The van der Waals surface area contributed by atoms with Crippen molar-refractivity contribution in [2.75, 3.05) is 40.5 Å². The summed E-state index contributed by atoms with van der Waals surface area (Å²) >= 11 is 0. The molecule has 0 bridgehead atoms. The van der Waals surface area contributed by atoms with E-state index in [1.54, 1.807) is 23.1 Å². The van der Waals surface area contributed by atoms with Gasteiger partial charge in [-0.1, -0.05) is 6.07 Å². The molecule has 3 rings (SSSR count). The second kappa shape index (κ2) is 8.25. The van der Waals surface area contributed by atoms with E-state index in [4.69, 9.17) is 14.2 Å². The first-order chi connectivity index (χ1) is 15.0. The van der Waals surface area contributed by atoms with E-state index in [-0.39, 0.29) is 11.3 Å². The Balaban J connectivity index is 2.29. The van der Waals surface area contributed by atoms with Crippen molar-refractivity contribution in [1.82, 2.24) is 4.90 Å². The second-order valence-electron chi connectivity index (χ2n) is 7.05. The summed E-state index contributed by atoms with van der Waals surface area (Å²) in [6, 6.07) is 14.8. The van der Waals surface area contributed by atoms with E-state index in [0.29, 0.717) is 43.4 Å². The first-order valence-corrected chi connectivity index (χ1v) is 9.38. The van der Waals surface area contributed by atoms with E-state index in [1.165, 1.54) is 14.2 Å². The highest BCUT2D eigenvalue weighted by atomic mass is 16.5. The zero-order chi connectivity index (χ0) is 22.6. The molecule has 0 spiro atoms. The zero-order valence-electron chi connectivity index (χ0n) is 17.0. The van der Waals surface area contributed by atoms with Gasteiger partial charge >= 0.3 is 0 Å². The third-order valence-corrected chi connectivity index (χ3v) is 5.84. The molecule has 9 nitrogen and oxygen atoms in total. The molecule has 1 aromatic rings. The number of nitriles is 5. The second-order valence-corrected chi connectivity index (χ2v) is 7.05. The van der Waals surface area contributed by atoms with Crippen molar-refractivity contribution in [2.45, 2.75) is 5.92 Å². The lowest BCUT2D eigenvalue weighted by Gasteiger charge is -2.34. The standard InChI is InChI=1S/C22H18N6O3/c1-29-17-4-3-15(9-18(17)30-2)19-21(12-25,13-26)22(19,14-27)20(16(10-23)11-24)28-5-7-31-8-6-28/h3-4,9,19H,5-8H2,1-2H3/t19-,22-/m0/s1. The third-order valence-electron chi connectivity index (χ3n) is 5.84. The molecule has 0 unspecified atom stereocenters. The fraction of sp³-hybridized carbons (Fsp3) is 0.409. The highest BCUT2D eigenvalue weighted by Crippen LogP contribution is 2.77. The molecule has 1 aromatic carbocycles. The van der Waals surface area contributed by atoms with Gasteiger partial charge < -0.3 is 19.1 Å². The molecule has 0 aromatic heterocycles. The predicted octanol–water partition coefficient (Wildman–Crippen LogP) is 1.98. The van der Waals surface area contributed by atoms with Gasteiger partial charge in [-0.3, -0.25) is 0 Å². The number of hydrogen-bond acceptors (Lipinski definition) is 9. The van der Waals surface area contributed by atoms with Gasteiger partial charge in [0.2, 0.25) is 0 Å². The van der Waals surface area contributed by atoms with Crippen LogP contribution in [0.25, 0.3) is 0 Å². The Morgan fingerprint density at radius 3 is 2.06 bits per heavy atom. The van der Waals surface area contributed by atoms with Crippen LogP contribution >= 0.6 is 0 Å². The van der Waals surface area contributed by atoms with Crippen LogP contribution in [0.3, 0.4) is 0 Å². The van der Waals surface area contributed by atoms with E-state index in [0.717, 1.165) is 0 Å². The number of methoxy groups -OCH3 is 2. The van der Waals surface area contributed by atoms with Gasteiger partial charge in [-0.2, -0.15) is 26.3 Å². The largest absolute Gasteiger partial charge is 0.493 e. The van der Waals surface area contributed by atoms with Gasteiger partial charge in [0.1, 0.15) is 17.6 Å². The van der Waals surface area contributed by atoms with Crippen LogP contribution < -0.4 is 9.47 Å². The smallest absolute Gasteiger partial charge is 0.177 e. The summed E-state index contributed by atoms with van der Waals surface area (Å²) in [4.78, 5) is 1.71. The Kier molecular flexibility index (Phi) is 5.72. The Hall–Kier alpha value is -4.23. The molecule has 1 saturated carbocycles. The first kappa shape index (κ1) is 21.5. The number of rotatable bonds is 5. The lowest BCUT2D eigenvalue weighted by atomic mass is 9.88. The fourth-order valence-electron chi connectivity index (χ4n) is 4.39. The van der Waals surface area contributed by atoms with Crippen molar-refractivity contribution in [2.24, 2.45) is 10.8 Å². The maximum Gasteiger partial charge on any atom is 0.177 e. The Bertz CT molecular complexity index is 1100. The molecular formula is C22H18N6O3. The molecule has 31 heavy (non-hydrogen) atoms. The lowest BCUT2D eigenvalue weighted by molar-refractivity contribution is 0.0482. The van der Waals surface area contributed by atoms with Gasteiger partial charge in [0.25, 0.3) is 0 Å². The number of morpholine rings is 1. The van der Waals surface area contributed by atoms with Crippen LogP contribution in [0.15, 0.2) is 29.5 Å². The average molecular weight is 414 g/mol. The molecular weight excluding hydrogens is 396 g/mol. The van der Waals surface area contributed by atoms with Crippen LogP contribution in [0.1, 0.15) is 11.5 Å². The number of hydrogen-bond donors (Lipinski definition) is 0.